The third-order valence-electron chi connectivity index (χ3n) is 7.03. The van der Waals surface area contributed by atoms with Crippen molar-refractivity contribution >= 4 is 14.5 Å². The molecule has 2 aliphatic carbocycles. The SMILES string of the molecule is C=N[I-]OP(=O)(O)Oc1cc(C2(OC)OOC23C2CCCC3c3ccccc3C2)ccc1C#N. The van der Waals surface area contributed by atoms with Crippen molar-refractivity contribution in [3.63, 3.8) is 0 Å². The Balaban J connectivity index is 1.59. The molecule has 1 heterocycles. The monoisotopic (exact) mass is 597 g/mol. The van der Waals surface area contributed by atoms with Crippen LogP contribution in [0.3, 0.4) is 0 Å². The first kappa shape index (κ1) is 23.9. The van der Waals surface area contributed by atoms with Gasteiger partial charge in [0.25, 0.3) is 0 Å². The first-order valence-electron chi connectivity index (χ1n) is 10.8. The van der Waals surface area contributed by atoms with Crippen molar-refractivity contribution in [1.82, 2.24) is 0 Å². The van der Waals surface area contributed by atoms with Gasteiger partial charge in [0.1, 0.15) is 0 Å². The van der Waals surface area contributed by atoms with Gasteiger partial charge >= 0.3 is 203 Å². The van der Waals surface area contributed by atoms with Crippen molar-refractivity contribution in [2.24, 2.45) is 9.12 Å². The van der Waals surface area contributed by atoms with Gasteiger partial charge in [0.15, 0.2) is 0 Å². The molecule has 180 valence electrons. The van der Waals surface area contributed by atoms with Crippen LogP contribution < -0.4 is 26.4 Å². The molecule has 5 atom stereocenters. The molecule has 2 fully saturated rings. The predicted molar refractivity (Wildman–Crippen MR) is 116 cm³/mol. The summed E-state index contributed by atoms with van der Waals surface area (Å²) in [6.07, 6.45) is 3.77. The first-order chi connectivity index (χ1) is 16.4. The fourth-order valence-corrected chi connectivity index (χ4v) is 7.60. The van der Waals surface area contributed by atoms with Gasteiger partial charge in [-0.05, 0) is 0 Å². The summed E-state index contributed by atoms with van der Waals surface area (Å²) in [5.41, 5.74) is 2.36. The number of phosphoric acid groups is 1. The predicted octanol–water partition coefficient (Wildman–Crippen LogP) is 1.31. The van der Waals surface area contributed by atoms with Crippen LogP contribution in [0.25, 0.3) is 0 Å². The van der Waals surface area contributed by atoms with E-state index in [1.807, 2.05) is 12.1 Å². The second-order valence-electron chi connectivity index (χ2n) is 8.50. The molecule has 11 heteroatoms. The number of hydrogen-bond donors (Lipinski definition) is 1. The van der Waals surface area contributed by atoms with Crippen LogP contribution in [0, 0.1) is 17.2 Å². The Hall–Kier alpha value is -1.84. The number of hydrogen-bond acceptors (Lipinski definition) is 8. The van der Waals surface area contributed by atoms with Crippen LogP contribution in [-0.4, -0.2) is 24.3 Å². The summed E-state index contributed by atoms with van der Waals surface area (Å²) >= 11 is -1.43. The van der Waals surface area contributed by atoms with Gasteiger partial charge in [-0.15, -0.1) is 0 Å². The molecule has 2 aromatic carbocycles. The molecule has 2 bridgehead atoms. The Morgan fingerprint density at radius 2 is 2.12 bits per heavy atom. The van der Waals surface area contributed by atoms with Crippen molar-refractivity contribution in [2.75, 3.05) is 7.11 Å². The summed E-state index contributed by atoms with van der Waals surface area (Å²) in [5, 5.41) is 9.55. The summed E-state index contributed by atoms with van der Waals surface area (Å²) in [6, 6.07) is 15.1. The molecule has 2 aromatic rings. The van der Waals surface area contributed by atoms with Gasteiger partial charge in [-0.25, -0.2) is 0 Å². The molecule has 0 radical (unpaired) electrons. The van der Waals surface area contributed by atoms with E-state index in [1.54, 1.807) is 13.2 Å². The molecular formula is C23H23IN2O7P-. The minimum absolute atomic E-state index is 0.0422. The summed E-state index contributed by atoms with van der Waals surface area (Å²) in [7, 11) is -2.94. The topological polar surface area (TPSA) is 120 Å². The van der Waals surface area contributed by atoms with Crippen molar-refractivity contribution in [3.05, 3.63) is 64.7 Å². The van der Waals surface area contributed by atoms with Crippen molar-refractivity contribution < 1.29 is 53.2 Å². The fourth-order valence-electron chi connectivity index (χ4n) is 5.76. The molecule has 1 spiro atoms. The minimum atomic E-state index is -4.49. The van der Waals surface area contributed by atoms with E-state index in [4.69, 9.17) is 21.9 Å². The van der Waals surface area contributed by atoms with E-state index in [-0.39, 0.29) is 23.1 Å². The quantitative estimate of drug-likeness (QED) is 0.220. The molecule has 9 nitrogen and oxygen atoms in total. The zero-order chi connectivity index (χ0) is 24.0. The Kier molecular flexibility index (Phi) is 6.31. The van der Waals surface area contributed by atoms with E-state index < -0.39 is 41.1 Å². The van der Waals surface area contributed by atoms with Crippen LogP contribution in [0.2, 0.25) is 0 Å². The first-order valence-corrected chi connectivity index (χ1v) is 14.1. The third-order valence-corrected chi connectivity index (χ3v) is 9.99. The van der Waals surface area contributed by atoms with E-state index in [2.05, 4.69) is 28.1 Å². The zero-order valence-corrected chi connectivity index (χ0v) is 21.4. The van der Waals surface area contributed by atoms with Crippen molar-refractivity contribution in [1.29, 1.82) is 5.26 Å². The molecule has 0 aromatic heterocycles. The Bertz CT molecular complexity index is 1220. The van der Waals surface area contributed by atoms with E-state index in [0.717, 1.165) is 25.7 Å². The van der Waals surface area contributed by atoms with Gasteiger partial charge < -0.3 is 0 Å². The van der Waals surface area contributed by atoms with Crippen LogP contribution in [0.1, 0.15) is 47.4 Å². The number of fused-ring (bicyclic) bond motifs is 2. The summed E-state index contributed by atoms with van der Waals surface area (Å²) in [4.78, 5) is 21.9. The molecule has 1 N–H and O–H groups in total. The number of nitriles is 1. The molecule has 5 rings (SSSR count). The van der Waals surface area contributed by atoms with Gasteiger partial charge in [-0.1, -0.05) is 6.07 Å². The number of phosphoric ester groups is 1. The van der Waals surface area contributed by atoms with Crippen molar-refractivity contribution in [2.45, 2.75) is 43.0 Å². The molecule has 1 saturated carbocycles. The molecule has 34 heavy (non-hydrogen) atoms. The standard InChI is InChI=1S/C23H23IN2O7P/c1-26-24-33-34(27,28)30-21-13-18(11-10-16(21)14-25)23(29-2)22(31-32-23)17-7-5-9-20(22)19-8-4-3-6-15(19)12-17/h3-4,6,8,10-11,13,17,20H,1,5,7,9,12H2,2H3,(H,27,28)/q-1. The molecule has 5 unspecified atom stereocenters. The Labute approximate surface area is 208 Å². The maximum absolute atomic E-state index is 12.4. The van der Waals surface area contributed by atoms with Crippen molar-refractivity contribution in [3.8, 4) is 11.8 Å². The van der Waals surface area contributed by atoms with Gasteiger partial charge in [0.2, 0.25) is 0 Å². The number of benzene rings is 2. The van der Waals surface area contributed by atoms with Crippen LogP contribution >= 0.6 is 7.82 Å². The van der Waals surface area contributed by atoms with Crippen LogP contribution in [0.15, 0.2) is 45.7 Å². The number of halogens is 1. The van der Waals surface area contributed by atoms with E-state index >= 15 is 0 Å². The fraction of sp³-hybridized carbons (Fsp3) is 0.391. The van der Waals surface area contributed by atoms with Gasteiger partial charge in [-0.3, -0.25) is 0 Å². The maximum atomic E-state index is 12.4. The number of nitrogens with zero attached hydrogens (tertiary/aromatic N) is 2. The van der Waals surface area contributed by atoms with Crippen LogP contribution in [0.5, 0.6) is 5.75 Å². The molecule has 3 aliphatic rings. The Morgan fingerprint density at radius 1 is 1.29 bits per heavy atom. The number of methoxy groups -OCH3 is 1. The van der Waals surface area contributed by atoms with Crippen LogP contribution in [0.4, 0.5) is 0 Å². The van der Waals surface area contributed by atoms with Crippen LogP contribution in [-0.2, 0) is 34.1 Å². The molecule has 1 aliphatic heterocycles. The van der Waals surface area contributed by atoms with E-state index in [1.165, 1.54) is 23.3 Å². The van der Waals surface area contributed by atoms with Gasteiger partial charge in [-0.2, -0.15) is 0 Å². The number of rotatable bonds is 7. The van der Waals surface area contributed by atoms with E-state index in [9.17, 15) is 14.7 Å². The molecule has 1 saturated heterocycles. The van der Waals surface area contributed by atoms with Gasteiger partial charge in [0, 0.05) is 0 Å². The number of ether oxygens (including phenoxy) is 1. The summed E-state index contributed by atoms with van der Waals surface area (Å²) in [5.74, 6) is -1.20. The third kappa shape index (κ3) is 3.54. The second-order valence-corrected chi connectivity index (χ2v) is 12.0. The summed E-state index contributed by atoms with van der Waals surface area (Å²) < 4.78 is 32.1. The molecule has 0 amide bonds. The summed E-state index contributed by atoms with van der Waals surface area (Å²) in [6.45, 7) is 3.26. The average molecular weight is 597 g/mol. The zero-order valence-electron chi connectivity index (χ0n) is 18.3. The van der Waals surface area contributed by atoms with Gasteiger partial charge in [0.05, 0.1) is 0 Å². The molecular weight excluding hydrogens is 574 g/mol. The second kappa shape index (κ2) is 8.99. The normalized spacial score (nSPS) is 31.1. The average Bonchev–Trinajstić information content (AvgIpc) is 2.82. The Morgan fingerprint density at radius 3 is 2.82 bits per heavy atom. The van der Waals surface area contributed by atoms with E-state index in [0.29, 0.717) is 5.56 Å².